The van der Waals surface area contributed by atoms with Crippen LogP contribution >= 0.6 is 0 Å². The fourth-order valence-electron chi connectivity index (χ4n) is 5.54. The molecule has 2 unspecified atom stereocenters. The van der Waals surface area contributed by atoms with E-state index < -0.39 is 0 Å². The maximum Gasteiger partial charge on any atom is 0.0555 e. The fraction of sp³-hybridized carbons (Fsp3) is 1.00. The molecular weight excluding hydrogens is 234 g/mol. The van der Waals surface area contributed by atoms with Gasteiger partial charge in [0.25, 0.3) is 0 Å². The minimum Gasteiger partial charge on any atom is -0.393 e. The molecule has 0 aromatic heterocycles. The van der Waals surface area contributed by atoms with E-state index in [9.17, 15) is 5.11 Å². The lowest BCUT2D eigenvalue weighted by atomic mass is 9.67. The van der Waals surface area contributed by atoms with Crippen LogP contribution in [-0.4, -0.2) is 35.2 Å². The number of rotatable bonds is 1. The van der Waals surface area contributed by atoms with Crippen LogP contribution in [0.4, 0.5) is 0 Å². The predicted molar refractivity (Wildman–Crippen MR) is 77.0 cm³/mol. The maximum absolute atomic E-state index is 10.2. The minimum atomic E-state index is -0.0201. The number of nitrogens with zero attached hydrogens (tertiary/aromatic N) is 1. The second-order valence-electron chi connectivity index (χ2n) is 8.09. The molecule has 2 heteroatoms. The third kappa shape index (κ3) is 2.15. The van der Waals surface area contributed by atoms with Crippen LogP contribution in [0.1, 0.15) is 70.6 Å². The molecule has 0 aromatic carbocycles. The molecule has 2 spiro atoms. The summed E-state index contributed by atoms with van der Waals surface area (Å²) in [5, 5.41) is 10.2. The van der Waals surface area contributed by atoms with Crippen LogP contribution < -0.4 is 0 Å². The van der Waals surface area contributed by atoms with E-state index in [-0.39, 0.29) is 6.10 Å². The molecule has 4 rings (SSSR count). The van der Waals surface area contributed by atoms with Crippen molar-refractivity contribution >= 4 is 0 Å². The molecule has 19 heavy (non-hydrogen) atoms. The molecule has 2 atom stereocenters. The van der Waals surface area contributed by atoms with Crippen molar-refractivity contribution in [3.05, 3.63) is 0 Å². The Bertz CT molecular complexity index is 343. The standard InChI is InChI=1S/C17H29NO/c19-14-4-8-17(6-1-2-7-17)15(12-14)18-11-3-5-16(13-18)9-10-16/h14-15,19H,1-13H2. The summed E-state index contributed by atoms with van der Waals surface area (Å²) >= 11 is 0. The summed E-state index contributed by atoms with van der Waals surface area (Å²) in [6.45, 7) is 2.66. The highest BCUT2D eigenvalue weighted by molar-refractivity contribution is 5.05. The van der Waals surface area contributed by atoms with Gasteiger partial charge < -0.3 is 5.11 Å². The van der Waals surface area contributed by atoms with Gasteiger partial charge in [-0.1, -0.05) is 12.8 Å². The Labute approximate surface area is 117 Å². The van der Waals surface area contributed by atoms with Crippen LogP contribution in [0, 0.1) is 10.8 Å². The maximum atomic E-state index is 10.2. The molecule has 1 saturated heterocycles. The molecule has 0 aromatic rings. The van der Waals surface area contributed by atoms with E-state index in [1.54, 1.807) is 0 Å². The molecule has 1 aliphatic heterocycles. The van der Waals surface area contributed by atoms with Gasteiger partial charge in [0.05, 0.1) is 6.10 Å². The number of hydrogen-bond donors (Lipinski definition) is 1. The predicted octanol–water partition coefficient (Wildman–Crippen LogP) is 3.34. The lowest BCUT2D eigenvalue weighted by Gasteiger charge is -2.51. The van der Waals surface area contributed by atoms with Crippen LogP contribution in [-0.2, 0) is 0 Å². The number of hydrogen-bond acceptors (Lipinski definition) is 2. The van der Waals surface area contributed by atoms with Gasteiger partial charge in [-0.15, -0.1) is 0 Å². The Hall–Kier alpha value is -0.0800. The van der Waals surface area contributed by atoms with Crippen LogP contribution in [0.5, 0.6) is 0 Å². The van der Waals surface area contributed by atoms with E-state index in [0.29, 0.717) is 11.5 Å². The van der Waals surface area contributed by atoms with E-state index in [1.165, 1.54) is 70.9 Å². The minimum absolute atomic E-state index is 0.0201. The first-order chi connectivity index (χ1) is 9.22. The Balaban J connectivity index is 1.55. The number of likely N-dealkylation sites (tertiary alicyclic amines) is 1. The number of piperidine rings is 1. The molecule has 3 saturated carbocycles. The highest BCUT2D eigenvalue weighted by atomic mass is 16.3. The van der Waals surface area contributed by atoms with Gasteiger partial charge >= 0.3 is 0 Å². The van der Waals surface area contributed by atoms with Gasteiger partial charge in [0.2, 0.25) is 0 Å². The average Bonchev–Trinajstić information content (AvgIpc) is 3.00. The van der Waals surface area contributed by atoms with E-state index in [4.69, 9.17) is 0 Å². The van der Waals surface area contributed by atoms with Crippen molar-refractivity contribution in [2.75, 3.05) is 13.1 Å². The highest BCUT2D eigenvalue weighted by Crippen LogP contribution is 2.56. The van der Waals surface area contributed by atoms with E-state index in [2.05, 4.69) is 4.90 Å². The molecule has 0 amide bonds. The molecule has 2 nitrogen and oxygen atoms in total. The van der Waals surface area contributed by atoms with E-state index in [0.717, 1.165) is 18.3 Å². The largest absolute Gasteiger partial charge is 0.393 e. The molecular formula is C17H29NO. The van der Waals surface area contributed by atoms with Gasteiger partial charge in [0.1, 0.15) is 0 Å². The molecule has 108 valence electrons. The van der Waals surface area contributed by atoms with Gasteiger partial charge in [-0.05, 0) is 75.2 Å². The summed E-state index contributed by atoms with van der Waals surface area (Å²) in [6.07, 6.45) is 15.0. The van der Waals surface area contributed by atoms with Crippen LogP contribution in [0.25, 0.3) is 0 Å². The first kappa shape index (κ1) is 12.6. The first-order valence-electron chi connectivity index (χ1n) is 8.64. The Morgan fingerprint density at radius 2 is 1.68 bits per heavy atom. The Morgan fingerprint density at radius 1 is 0.895 bits per heavy atom. The van der Waals surface area contributed by atoms with Crippen molar-refractivity contribution in [1.82, 2.24) is 4.90 Å². The topological polar surface area (TPSA) is 23.5 Å². The SMILES string of the molecule is OC1CCC2(CCCC2)C(N2CCCC3(CC3)C2)C1. The van der Waals surface area contributed by atoms with E-state index in [1.807, 2.05) is 0 Å². The Morgan fingerprint density at radius 3 is 2.42 bits per heavy atom. The van der Waals surface area contributed by atoms with Crippen molar-refractivity contribution in [2.24, 2.45) is 10.8 Å². The normalized spacial score (nSPS) is 40.9. The molecule has 4 aliphatic rings. The van der Waals surface area contributed by atoms with Crippen molar-refractivity contribution in [1.29, 1.82) is 0 Å². The van der Waals surface area contributed by atoms with Gasteiger partial charge in [-0.2, -0.15) is 0 Å². The summed E-state index contributed by atoms with van der Waals surface area (Å²) in [5.41, 5.74) is 1.31. The zero-order valence-corrected chi connectivity index (χ0v) is 12.2. The fourth-order valence-corrected chi connectivity index (χ4v) is 5.54. The van der Waals surface area contributed by atoms with Crippen molar-refractivity contribution in [3.8, 4) is 0 Å². The van der Waals surface area contributed by atoms with Crippen molar-refractivity contribution < 1.29 is 5.11 Å². The average molecular weight is 263 g/mol. The quantitative estimate of drug-likeness (QED) is 0.784. The van der Waals surface area contributed by atoms with Gasteiger partial charge in [-0.25, -0.2) is 0 Å². The third-order valence-electron chi connectivity index (χ3n) is 6.87. The second-order valence-corrected chi connectivity index (χ2v) is 8.09. The smallest absolute Gasteiger partial charge is 0.0555 e. The molecule has 3 aliphatic carbocycles. The van der Waals surface area contributed by atoms with Gasteiger partial charge in [0, 0.05) is 12.6 Å². The molecule has 0 radical (unpaired) electrons. The number of aliphatic hydroxyl groups is 1. The monoisotopic (exact) mass is 263 g/mol. The zero-order valence-electron chi connectivity index (χ0n) is 12.2. The lowest BCUT2D eigenvalue weighted by Crippen LogP contribution is -2.54. The summed E-state index contributed by atoms with van der Waals surface area (Å²) in [7, 11) is 0. The molecule has 1 N–H and O–H groups in total. The van der Waals surface area contributed by atoms with Crippen LogP contribution in [0.3, 0.4) is 0 Å². The first-order valence-corrected chi connectivity index (χ1v) is 8.64. The Kier molecular flexibility index (Phi) is 2.97. The summed E-state index contributed by atoms with van der Waals surface area (Å²) in [4.78, 5) is 2.82. The van der Waals surface area contributed by atoms with Crippen LogP contribution in [0.2, 0.25) is 0 Å². The molecule has 0 bridgehead atoms. The highest BCUT2D eigenvalue weighted by Gasteiger charge is 2.52. The van der Waals surface area contributed by atoms with Crippen LogP contribution in [0.15, 0.2) is 0 Å². The summed E-state index contributed by atoms with van der Waals surface area (Å²) in [5.74, 6) is 0. The van der Waals surface area contributed by atoms with Crippen molar-refractivity contribution in [2.45, 2.75) is 82.8 Å². The van der Waals surface area contributed by atoms with Gasteiger partial charge in [-0.3, -0.25) is 4.90 Å². The molecule has 1 heterocycles. The lowest BCUT2D eigenvalue weighted by molar-refractivity contribution is -0.0435. The number of aliphatic hydroxyl groups excluding tert-OH is 1. The van der Waals surface area contributed by atoms with Gasteiger partial charge in [0.15, 0.2) is 0 Å². The second kappa shape index (κ2) is 4.46. The van der Waals surface area contributed by atoms with Crippen molar-refractivity contribution in [3.63, 3.8) is 0 Å². The molecule has 4 fully saturated rings. The summed E-state index contributed by atoms with van der Waals surface area (Å²) < 4.78 is 0. The third-order valence-corrected chi connectivity index (χ3v) is 6.87. The zero-order chi connectivity index (χ0) is 12.9. The van der Waals surface area contributed by atoms with E-state index >= 15 is 0 Å². The summed E-state index contributed by atoms with van der Waals surface area (Å²) in [6, 6.07) is 0.705.